The molecule has 0 spiro atoms. The fourth-order valence-electron chi connectivity index (χ4n) is 4.32. The second-order valence-corrected chi connectivity index (χ2v) is 8.62. The van der Waals surface area contributed by atoms with Crippen LogP contribution in [0.4, 0.5) is 13.2 Å². The number of carbonyl (C=O) groups is 1. The Labute approximate surface area is 185 Å². The summed E-state index contributed by atoms with van der Waals surface area (Å²) in [5, 5.41) is 9.01. The number of carboxylic acid groups (broad SMARTS) is 1. The Balaban J connectivity index is 1.31. The molecule has 2 aliphatic rings. The predicted molar refractivity (Wildman–Crippen MR) is 116 cm³/mol. The number of nitrogens with zero attached hydrogens (tertiary/aromatic N) is 1. The molecule has 0 amide bonds. The number of aliphatic carboxylic acids is 1. The van der Waals surface area contributed by atoms with Crippen LogP contribution in [0.15, 0.2) is 55.1 Å². The summed E-state index contributed by atoms with van der Waals surface area (Å²) >= 11 is 0. The molecule has 1 N–H and O–H groups in total. The highest BCUT2D eigenvalue weighted by Gasteiger charge is 2.41. The molecule has 1 aliphatic carbocycles. The quantitative estimate of drug-likeness (QED) is 0.607. The number of hydrogen-bond donors (Lipinski definition) is 1. The van der Waals surface area contributed by atoms with Gasteiger partial charge >= 0.3 is 12.1 Å². The molecule has 0 unspecified atom stereocenters. The smallest absolute Gasteiger partial charge is 0.391 e. The van der Waals surface area contributed by atoms with Crippen molar-refractivity contribution >= 4 is 11.7 Å². The number of benzene rings is 2. The van der Waals surface area contributed by atoms with E-state index in [0.717, 1.165) is 22.4 Å². The number of rotatable bonds is 6. The lowest BCUT2D eigenvalue weighted by Crippen LogP contribution is -2.48. The van der Waals surface area contributed by atoms with Gasteiger partial charge in [0.25, 0.3) is 0 Å². The third kappa shape index (κ3) is 4.92. The third-order valence-corrected chi connectivity index (χ3v) is 6.46. The Morgan fingerprint density at radius 2 is 1.47 bits per heavy atom. The molecule has 1 saturated carbocycles. The molecule has 2 aromatic carbocycles. The van der Waals surface area contributed by atoms with Crippen molar-refractivity contribution in [2.45, 2.75) is 38.0 Å². The lowest BCUT2D eigenvalue weighted by Gasteiger charge is -2.39. The maximum atomic E-state index is 12.8. The van der Waals surface area contributed by atoms with Crippen molar-refractivity contribution in [2.75, 3.05) is 13.1 Å². The lowest BCUT2D eigenvalue weighted by atomic mass is 9.87. The molecule has 4 rings (SSSR count). The fraction of sp³-hybridized carbons (Fsp3) is 0.400. The number of carboxylic acids is 1. The largest absolute Gasteiger partial charge is 0.490 e. The Morgan fingerprint density at radius 1 is 0.938 bits per heavy atom. The normalized spacial score (nSPS) is 21.7. The molecular formula is C25H26F3NO3. The molecule has 2 fully saturated rings. The van der Waals surface area contributed by atoms with E-state index in [4.69, 9.17) is 9.84 Å². The molecule has 4 nitrogen and oxygen atoms in total. The van der Waals surface area contributed by atoms with Gasteiger partial charge < -0.3 is 14.7 Å². The minimum atomic E-state index is -4.11. The van der Waals surface area contributed by atoms with E-state index in [1.54, 1.807) is 0 Å². The lowest BCUT2D eigenvalue weighted by molar-refractivity contribution is -0.185. The van der Waals surface area contributed by atoms with Gasteiger partial charge in [0.05, 0.1) is 17.9 Å². The van der Waals surface area contributed by atoms with Crippen molar-refractivity contribution in [1.29, 1.82) is 0 Å². The van der Waals surface area contributed by atoms with Crippen LogP contribution in [0.2, 0.25) is 0 Å². The minimum absolute atomic E-state index is 0.123. The van der Waals surface area contributed by atoms with Crippen LogP contribution < -0.4 is 4.74 Å². The summed E-state index contributed by atoms with van der Waals surface area (Å²) in [5.74, 6) is -1.64. The first-order valence-electron chi connectivity index (χ1n) is 10.8. The SMILES string of the molecule is C=C(c1ccc(-c2ccc(OC3CCC(C(F)(F)F)CC3)cc2)cc1)N1CC(C(=O)O)C1. The molecule has 0 atom stereocenters. The molecule has 1 aliphatic heterocycles. The van der Waals surface area contributed by atoms with Crippen LogP contribution in [0.3, 0.4) is 0 Å². The predicted octanol–water partition coefficient (Wildman–Crippen LogP) is 5.84. The zero-order chi connectivity index (χ0) is 22.9. The number of likely N-dealkylation sites (tertiary alicyclic amines) is 1. The van der Waals surface area contributed by atoms with Crippen LogP contribution in [-0.4, -0.2) is 41.3 Å². The van der Waals surface area contributed by atoms with Crippen molar-refractivity contribution in [3.8, 4) is 16.9 Å². The van der Waals surface area contributed by atoms with Gasteiger partial charge in [-0.15, -0.1) is 0 Å². The van der Waals surface area contributed by atoms with Gasteiger partial charge in [0.15, 0.2) is 0 Å². The summed E-state index contributed by atoms with van der Waals surface area (Å²) in [7, 11) is 0. The highest BCUT2D eigenvalue weighted by atomic mass is 19.4. The van der Waals surface area contributed by atoms with E-state index in [1.807, 2.05) is 53.4 Å². The summed E-state index contributed by atoms with van der Waals surface area (Å²) in [6.07, 6.45) is -3.20. The average molecular weight is 445 g/mol. The summed E-state index contributed by atoms with van der Waals surface area (Å²) in [6.45, 7) is 5.05. The van der Waals surface area contributed by atoms with E-state index in [9.17, 15) is 18.0 Å². The van der Waals surface area contributed by atoms with E-state index >= 15 is 0 Å². The van der Waals surface area contributed by atoms with Gasteiger partial charge in [-0.1, -0.05) is 43.0 Å². The van der Waals surface area contributed by atoms with E-state index < -0.39 is 18.1 Å². The topological polar surface area (TPSA) is 49.8 Å². The Kier molecular flexibility index (Phi) is 6.17. The van der Waals surface area contributed by atoms with Gasteiger partial charge in [0, 0.05) is 18.8 Å². The van der Waals surface area contributed by atoms with Gasteiger partial charge in [0.1, 0.15) is 5.75 Å². The van der Waals surface area contributed by atoms with Gasteiger partial charge in [-0.25, -0.2) is 0 Å². The molecule has 170 valence electrons. The first kappa shape index (κ1) is 22.2. The molecule has 0 radical (unpaired) electrons. The van der Waals surface area contributed by atoms with Crippen LogP contribution in [0.1, 0.15) is 31.2 Å². The van der Waals surface area contributed by atoms with Crippen LogP contribution in [0, 0.1) is 11.8 Å². The molecule has 0 aromatic heterocycles. The molecular weight excluding hydrogens is 419 g/mol. The summed E-state index contributed by atoms with van der Waals surface area (Å²) in [6, 6.07) is 15.5. The van der Waals surface area contributed by atoms with E-state index in [2.05, 4.69) is 6.58 Å². The Morgan fingerprint density at radius 3 is 1.97 bits per heavy atom. The number of alkyl halides is 3. The first-order valence-corrected chi connectivity index (χ1v) is 10.8. The van der Waals surface area contributed by atoms with Crippen molar-refractivity contribution in [1.82, 2.24) is 4.90 Å². The molecule has 7 heteroatoms. The van der Waals surface area contributed by atoms with Gasteiger partial charge in [-0.05, 0) is 54.5 Å². The summed E-state index contributed by atoms with van der Waals surface area (Å²) in [4.78, 5) is 12.9. The van der Waals surface area contributed by atoms with Gasteiger partial charge in [-0.2, -0.15) is 13.2 Å². The van der Waals surface area contributed by atoms with Crippen molar-refractivity contribution in [2.24, 2.45) is 11.8 Å². The van der Waals surface area contributed by atoms with Crippen molar-refractivity contribution < 1.29 is 27.8 Å². The van der Waals surface area contributed by atoms with Crippen LogP contribution in [-0.2, 0) is 4.79 Å². The number of ether oxygens (including phenoxy) is 1. The monoisotopic (exact) mass is 445 g/mol. The molecule has 1 heterocycles. The Bertz CT molecular complexity index is 955. The van der Waals surface area contributed by atoms with E-state index in [-0.39, 0.29) is 24.9 Å². The summed E-state index contributed by atoms with van der Waals surface area (Å²) in [5.41, 5.74) is 3.79. The van der Waals surface area contributed by atoms with Gasteiger partial charge in [0.2, 0.25) is 0 Å². The molecule has 1 saturated heterocycles. The molecule has 2 aromatic rings. The standard InChI is InChI=1S/C25H26F3NO3/c1-16(29-14-20(15-29)24(30)31)17-2-4-18(5-3-17)19-6-10-22(11-7-19)32-23-12-8-21(9-13-23)25(26,27)28/h2-7,10-11,20-21,23H,1,8-9,12-15H2,(H,30,31). The average Bonchev–Trinajstić information content (AvgIpc) is 2.73. The van der Waals surface area contributed by atoms with Crippen LogP contribution in [0.5, 0.6) is 5.75 Å². The zero-order valence-corrected chi connectivity index (χ0v) is 17.6. The molecule has 32 heavy (non-hydrogen) atoms. The van der Waals surface area contributed by atoms with Crippen LogP contribution in [0.25, 0.3) is 16.8 Å². The molecule has 0 bridgehead atoms. The fourth-order valence-corrected chi connectivity index (χ4v) is 4.32. The second kappa shape index (κ2) is 8.88. The maximum Gasteiger partial charge on any atom is 0.391 e. The van der Waals surface area contributed by atoms with Gasteiger partial charge in [-0.3, -0.25) is 4.79 Å². The van der Waals surface area contributed by atoms with E-state index in [1.165, 1.54) is 0 Å². The Hall–Kier alpha value is -2.96. The summed E-state index contributed by atoms with van der Waals surface area (Å²) < 4.78 is 44.3. The highest BCUT2D eigenvalue weighted by Crippen LogP contribution is 2.38. The minimum Gasteiger partial charge on any atom is -0.490 e. The zero-order valence-electron chi connectivity index (χ0n) is 17.6. The highest BCUT2D eigenvalue weighted by molar-refractivity contribution is 5.74. The van der Waals surface area contributed by atoms with Crippen molar-refractivity contribution in [3.05, 3.63) is 60.7 Å². The number of halogens is 3. The van der Waals surface area contributed by atoms with Crippen molar-refractivity contribution in [3.63, 3.8) is 0 Å². The number of hydrogen-bond acceptors (Lipinski definition) is 3. The first-order chi connectivity index (χ1) is 15.2. The second-order valence-electron chi connectivity index (χ2n) is 8.62. The van der Waals surface area contributed by atoms with Crippen LogP contribution >= 0.6 is 0 Å². The van der Waals surface area contributed by atoms with E-state index in [0.29, 0.717) is 31.7 Å². The maximum absolute atomic E-state index is 12.8. The third-order valence-electron chi connectivity index (χ3n) is 6.46.